The molecule has 0 aromatic carbocycles. The van der Waals surface area contributed by atoms with Gasteiger partial charge in [0, 0.05) is 6.42 Å². The number of nitrogens with one attached hydrogen (secondary N) is 1. The average Bonchev–Trinajstić information content (AvgIpc) is 3.33. The molecule has 0 aliphatic heterocycles. The minimum Gasteiger partial charge on any atom is -0.387 e. The van der Waals surface area contributed by atoms with Gasteiger partial charge in [0.1, 0.15) is 13.2 Å². The summed E-state index contributed by atoms with van der Waals surface area (Å²) >= 11 is 0. The third-order valence-electron chi connectivity index (χ3n) is 14.1. The molecular formula is C62H122N2O6P+. The second-order valence-corrected chi connectivity index (χ2v) is 23.9. The highest BCUT2D eigenvalue weighted by atomic mass is 31.2. The van der Waals surface area contributed by atoms with Crippen molar-refractivity contribution in [2.75, 3.05) is 40.9 Å². The molecule has 0 aliphatic carbocycles. The molecule has 0 rings (SSSR count). The summed E-state index contributed by atoms with van der Waals surface area (Å²) < 4.78 is 23.7. The highest BCUT2D eigenvalue weighted by molar-refractivity contribution is 7.47. The number of likely N-dealkylation sites (N-methyl/N-ethyl adjacent to an activating group) is 1. The van der Waals surface area contributed by atoms with E-state index < -0.39 is 20.0 Å². The van der Waals surface area contributed by atoms with Crippen molar-refractivity contribution in [2.45, 2.75) is 315 Å². The van der Waals surface area contributed by atoms with Gasteiger partial charge in [-0.25, -0.2) is 4.57 Å². The number of unbranched alkanes of at least 4 members (excludes halogenated alkanes) is 40. The van der Waals surface area contributed by atoms with Crippen LogP contribution in [-0.4, -0.2) is 73.4 Å². The molecule has 0 radical (unpaired) electrons. The van der Waals surface area contributed by atoms with E-state index in [0.29, 0.717) is 17.4 Å². The monoisotopic (exact) mass is 1020 g/mol. The number of carbonyl (C=O) groups is 1. The summed E-state index contributed by atoms with van der Waals surface area (Å²) in [7, 11) is 1.56. The summed E-state index contributed by atoms with van der Waals surface area (Å²) in [6, 6.07) is -0.864. The molecule has 0 aromatic rings. The fourth-order valence-electron chi connectivity index (χ4n) is 9.23. The lowest BCUT2D eigenvalue weighted by Gasteiger charge is -2.25. The third kappa shape index (κ3) is 56.3. The Morgan fingerprint density at radius 3 is 1.13 bits per heavy atom. The first-order valence-electron chi connectivity index (χ1n) is 30.9. The lowest BCUT2D eigenvalue weighted by Crippen LogP contribution is -2.45. The van der Waals surface area contributed by atoms with Crippen molar-refractivity contribution in [3.63, 3.8) is 0 Å². The minimum absolute atomic E-state index is 0.0569. The minimum atomic E-state index is -4.36. The largest absolute Gasteiger partial charge is 0.472 e. The molecule has 8 nitrogen and oxygen atoms in total. The zero-order valence-electron chi connectivity index (χ0n) is 48.0. The van der Waals surface area contributed by atoms with Gasteiger partial charge in [0.25, 0.3) is 0 Å². The fourth-order valence-corrected chi connectivity index (χ4v) is 9.97. The Balaban J connectivity index is 4.18. The zero-order valence-corrected chi connectivity index (χ0v) is 48.9. The average molecular weight is 1020 g/mol. The van der Waals surface area contributed by atoms with Crippen LogP contribution in [0.25, 0.3) is 0 Å². The van der Waals surface area contributed by atoms with Gasteiger partial charge in [0.2, 0.25) is 5.91 Å². The number of carbonyl (C=O) groups excluding carboxylic acids is 1. The van der Waals surface area contributed by atoms with Crippen LogP contribution in [0.2, 0.25) is 0 Å². The quantitative estimate of drug-likeness (QED) is 0.0243. The SMILES string of the molecule is CCCCCCCCCCCCCC/C=C\CCCCCCCCCCCCCC(=O)NC(COP(=O)(O)OCC[N+](C)(C)C)C(O)/C=C/CC/C=C/CCCCCCCCCCCCCCCCCC. The molecule has 1 amide bonds. The van der Waals surface area contributed by atoms with Crippen LogP contribution in [0.15, 0.2) is 36.5 Å². The summed E-state index contributed by atoms with van der Waals surface area (Å²) in [5, 5.41) is 13.9. The van der Waals surface area contributed by atoms with Gasteiger partial charge in [0.15, 0.2) is 0 Å². The number of aliphatic hydroxyl groups is 1. The van der Waals surface area contributed by atoms with E-state index in [-0.39, 0.29) is 19.1 Å². The standard InChI is InChI=1S/C62H121N2O6P/c1-6-8-10-12-14-16-18-20-22-24-26-28-30-31-32-33-34-36-38-40-42-44-46-48-50-52-54-56-62(66)63-60(59-70-71(67,68)69-58-57-64(3,4)5)61(65)55-53-51-49-47-45-43-41-39-37-35-29-27-25-23-21-19-17-15-13-11-9-7-2/h31-32,45,47,53,55,60-61,65H,6-30,33-44,46,48-52,54,56-59H2,1-5H3,(H-,63,66,67,68)/p+1/b32-31-,47-45+,55-53+. The topological polar surface area (TPSA) is 105 Å². The van der Waals surface area contributed by atoms with E-state index in [1.54, 1.807) is 6.08 Å². The van der Waals surface area contributed by atoms with Crippen molar-refractivity contribution in [1.29, 1.82) is 0 Å². The molecule has 0 saturated carbocycles. The highest BCUT2D eigenvalue weighted by Gasteiger charge is 2.27. The van der Waals surface area contributed by atoms with Crippen molar-refractivity contribution < 1.29 is 32.9 Å². The molecule has 9 heteroatoms. The van der Waals surface area contributed by atoms with Crippen LogP contribution in [0.3, 0.4) is 0 Å². The molecule has 0 fully saturated rings. The number of phosphoric acid groups is 1. The van der Waals surface area contributed by atoms with E-state index in [1.807, 2.05) is 27.2 Å². The van der Waals surface area contributed by atoms with Crippen molar-refractivity contribution in [3.05, 3.63) is 36.5 Å². The molecule has 3 N–H and O–H groups in total. The summed E-state index contributed by atoms with van der Waals surface area (Å²) in [5.74, 6) is -0.183. The van der Waals surface area contributed by atoms with Crippen molar-refractivity contribution in [2.24, 2.45) is 0 Å². The summed E-state index contributed by atoms with van der Waals surface area (Å²) in [4.78, 5) is 23.3. The van der Waals surface area contributed by atoms with Crippen LogP contribution < -0.4 is 5.32 Å². The predicted octanol–water partition coefficient (Wildman–Crippen LogP) is 18.9. The van der Waals surface area contributed by atoms with E-state index >= 15 is 0 Å². The number of amides is 1. The van der Waals surface area contributed by atoms with Gasteiger partial charge in [-0.3, -0.25) is 13.8 Å². The highest BCUT2D eigenvalue weighted by Crippen LogP contribution is 2.43. The molecule has 0 spiro atoms. The van der Waals surface area contributed by atoms with Gasteiger partial charge < -0.3 is 19.8 Å². The Kier molecular flexibility index (Phi) is 52.6. The van der Waals surface area contributed by atoms with E-state index in [2.05, 4.69) is 43.5 Å². The fraction of sp³-hybridized carbons (Fsp3) is 0.887. The first kappa shape index (κ1) is 69.7. The number of allylic oxidation sites excluding steroid dienone is 5. The van der Waals surface area contributed by atoms with Crippen LogP contribution in [-0.2, 0) is 18.4 Å². The van der Waals surface area contributed by atoms with Gasteiger partial charge in [-0.15, -0.1) is 0 Å². The maximum Gasteiger partial charge on any atom is 0.472 e. The van der Waals surface area contributed by atoms with Crippen LogP contribution in [0.1, 0.15) is 303 Å². The zero-order chi connectivity index (χ0) is 52.0. The first-order valence-corrected chi connectivity index (χ1v) is 32.4. The Morgan fingerprint density at radius 2 is 0.775 bits per heavy atom. The lowest BCUT2D eigenvalue weighted by molar-refractivity contribution is -0.870. The second-order valence-electron chi connectivity index (χ2n) is 22.4. The van der Waals surface area contributed by atoms with E-state index in [4.69, 9.17) is 9.05 Å². The van der Waals surface area contributed by atoms with E-state index in [9.17, 15) is 19.4 Å². The lowest BCUT2D eigenvalue weighted by atomic mass is 10.0. The van der Waals surface area contributed by atoms with Crippen LogP contribution in [0.5, 0.6) is 0 Å². The number of phosphoric ester groups is 1. The summed E-state index contributed by atoms with van der Waals surface area (Å²) in [6.45, 7) is 4.84. The molecule has 0 saturated heterocycles. The second kappa shape index (κ2) is 53.5. The molecular weight excluding hydrogens is 900 g/mol. The summed E-state index contributed by atoms with van der Waals surface area (Å²) in [5.41, 5.74) is 0. The number of hydrogen-bond acceptors (Lipinski definition) is 5. The van der Waals surface area contributed by atoms with Gasteiger partial charge in [-0.05, 0) is 57.8 Å². The molecule has 0 heterocycles. The molecule has 420 valence electrons. The van der Waals surface area contributed by atoms with Gasteiger partial charge in [0.05, 0.1) is 39.9 Å². The number of quaternary nitrogens is 1. The molecule has 3 atom stereocenters. The van der Waals surface area contributed by atoms with Crippen molar-refractivity contribution in [1.82, 2.24) is 5.32 Å². The van der Waals surface area contributed by atoms with Crippen molar-refractivity contribution in [3.8, 4) is 0 Å². The number of hydrogen-bond donors (Lipinski definition) is 3. The van der Waals surface area contributed by atoms with Gasteiger partial charge in [-0.1, -0.05) is 275 Å². The normalized spacial score (nSPS) is 14.1. The van der Waals surface area contributed by atoms with Crippen LogP contribution in [0.4, 0.5) is 0 Å². The molecule has 0 bridgehead atoms. The third-order valence-corrected chi connectivity index (χ3v) is 15.1. The Labute approximate surface area is 442 Å². The Hall–Kier alpha value is -1.28. The first-order chi connectivity index (χ1) is 34.5. The van der Waals surface area contributed by atoms with Gasteiger partial charge >= 0.3 is 7.82 Å². The Bertz CT molecular complexity index is 1250. The maximum atomic E-state index is 13.0. The van der Waals surface area contributed by atoms with Crippen molar-refractivity contribution >= 4 is 13.7 Å². The maximum absolute atomic E-state index is 13.0. The van der Waals surface area contributed by atoms with Gasteiger partial charge in [-0.2, -0.15) is 0 Å². The number of rotatable bonds is 57. The predicted molar refractivity (Wildman–Crippen MR) is 309 cm³/mol. The number of nitrogens with zero attached hydrogens (tertiary/aromatic N) is 1. The van der Waals surface area contributed by atoms with E-state index in [1.165, 1.54) is 244 Å². The van der Waals surface area contributed by atoms with Crippen LogP contribution >= 0.6 is 7.82 Å². The smallest absolute Gasteiger partial charge is 0.387 e. The molecule has 0 aliphatic rings. The molecule has 0 aromatic heterocycles. The van der Waals surface area contributed by atoms with Crippen LogP contribution in [0, 0.1) is 0 Å². The Morgan fingerprint density at radius 1 is 0.465 bits per heavy atom. The molecule has 71 heavy (non-hydrogen) atoms. The number of aliphatic hydroxyl groups excluding tert-OH is 1. The van der Waals surface area contributed by atoms with E-state index in [0.717, 1.165) is 38.5 Å². The molecule has 3 unspecified atom stereocenters. The summed E-state index contributed by atoms with van der Waals surface area (Å²) in [6.07, 6.45) is 69.8.